The topological polar surface area (TPSA) is 59.1 Å². The minimum Gasteiger partial charge on any atom is -0.393 e. The Hall–Kier alpha value is -1.09. The number of anilines is 1. The van der Waals surface area contributed by atoms with Crippen LogP contribution in [0.1, 0.15) is 38.3 Å². The number of hydrogen-bond acceptors (Lipinski definition) is 3. The number of aliphatic hydroxyl groups excluding tert-OH is 1. The number of aryl methyl sites for hydroxylation is 2. The lowest BCUT2D eigenvalue weighted by Crippen LogP contribution is -2.26. The molecular formula is C13H22N2O. The van der Waals surface area contributed by atoms with E-state index < -0.39 is 0 Å². The average Bonchev–Trinajstić information content (AvgIpc) is 2.17. The van der Waals surface area contributed by atoms with Crippen LogP contribution in [-0.4, -0.2) is 16.2 Å². The van der Waals surface area contributed by atoms with Gasteiger partial charge in [0.1, 0.15) is 5.82 Å². The van der Waals surface area contributed by atoms with Gasteiger partial charge in [-0.15, -0.1) is 0 Å². The first-order valence-electron chi connectivity index (χ1n) is 5.70. The number of aliphatic hydroxyl groups is 1. The number of aromatic nitrogens is 1. The molecule has 0 radical (unpaired) electrons. The van der Waals surface area contributed by atoms with E-state index >= 15 is 0 Å². The zero-order valence-corrected chi connectivity index (χ0v) is 10.6. The van der Waals surface area contributed by atoms with Crippen molar-refractivity contribution < 1.29 is 5.11 Å². The molecule has 1 aromatic heterocycles. The first-order valence-corrected chi connectivity index (χ1v) is 5.70. The third-order valence-corrected chi connectivity index (χ3v) is 2.82. The highest BCUT2D eigenvalue weighted by Crippen LogP contribution is 2.24. The summed E-state index contributed by atoms with van der Waals surface area (Å²) >= 11 is 0. The van der Waals surface area contributed by atoms with Crippen molar-refractivity contribution in [1.82, 2.24) is 4.98 Å². The van der Waals surface area contributed by atoms with E-state index in [9.17, 15) is 5.11 Å². The van der Waals surface area contributed by atoms with Gasteiger partial charge >= 0.3 is 0 Å². The Balaban J connectivity index is 2.64. The maximum Gasteiger partial charge on any atom is 0.126 e. The fraction of sp³-hybridized carbons (Fsp3) is 0.615. The molecule has 3 N–H and O–H groups in total. The standard InChI is InChI=1S/C13H22N2O/c1-9-7-10(12(14)15-8-9)5-6-11(16)13(2,3)4/h7-8,11,16H,5-6H2,1-4H3,(H2,14,15). The molecule has 0 saturated heterocycles. The van der Waals surface area contributed by atoms with Gasteiger partial charge in [-0.1, -0.05) is 26.8 Å². The van der Waals surface area contributed by atoms with Crippen molar-refractivity contribution in [2.75, 3.05) is 5.73 Å². The maximum absolute atomic E-state index is 9.95. The van der Waals surface area contributed by atoms with E-state index in [0.717, 1.165) is 24.0 Å². The number of hydrogen-bond donors (Lipinski definition) is 2. The highest BCUT2D eigenvalue weighted by Gasteiger charge is 2.21. The summed E-state index contributed by atoms with van der Waals surface area (Å²) in [5.41, 5.74) is 7.85. The van der Waals surface area contributed by atoms with Gasteiger partial charge in [-0.3, -0.25) is 0 Å². The fourth-order valence-electron chi connectivity index (χ4n) is 1.57. The van der Waals surface area contributed by atoms with Gasteiger partial charge < -0.3 is 10.8 Å². The zero-order valence-electron chi connectivity index (χ0n) is 10.6. The van der Waals surface area contributed by atoms with Crippen molar-refractivity contribution in [3.63, 3.8) is 0 Å². The van der Waals surface area contributed by atoms with Crippen molar-refractivity contribution >= 4 is 5.82 Å². The molecule has 1 heterocycles. The summed E-state index contributed by atoms with van der Waals surface area (Å²) in [6.07, 6.45) is 2.95. The van der Waals surface area contributed by atoms with Crippen LogP contribution >= 0.6 is 0 Å². The maximum atomic E-state index is 9.95. The SMILES string of the molecule is Cc1cnc(N)c(CCC(O)C(C)(C)C)c1. The molecule has 0 amide bonds. The first kappa shape index (κ1) is 13.0. The summed E-state index contributed by atoms with van der Waals surface area (Å²) in [6.45, 7) is 8.11. The van der Waals surface area contributed by atoms with Crippen molar-refractivity contribution in [3.8, 4) is 0 Å². The number of pyridine rings is 1. The van der Waals surface area contributed by atoms with E-state index in [1.807, 2.05) is 33.8 Å². The van der Waals surface area contributed by atoms with E-state index in [1.165, 1.54) is 0 Å². The molecule has 0 aliphatic rings. The summed E-state index contributed by atoms with van der Waals surface area (Å²) in [5, 5.41) is 9.95. The Bertz CT molecular complexity index is 355. The molecule has 90 valence electrons. The van der Waals surface area contributed by atoms with Crippen molar-refractivity contribution in [1.29, 1.82) is 0 Å². The van der Waals surface area contributed by atoms with Gasteiger partial charge in [0.25, 0.3) is 0 Å². The Kier molecular flexibility index (Phi) is 3.92. The Labute approximate surface area is 97.7 Å². The predicted molar refractivity (Wildman–Crippen MR) is 67.2 cm³/mol. The van der Waals surface area contributed by atoms with E-state index in [-0.39, 0.29) is 11.5 Å². The van der Waals surface area contributed by atoms with Crippen LogP contribution in [0.4, 0.5) is 5.82 Å². The largest absolute Gasteiger partial charge is 0.393 e. The second-order valence-corrected chi connectivity index (χ2v) is 5.48. The molecule has 3 heteroatoms. The summed E-state index contributed by atoms with van der Waals surface area (Å²) < 4.78 is 0. The molecule has 3 nitrogen and oxygen atoms in total. The lowest BCUT2D eigenvalue weighted by molar-refractivity contribution is 0.0560. The molecule has 1 atom stereocenters. The van der Waals surface area contributed by atoms with Gasteiger partial charge in [0.15, 0.2) is 0 Å². The molecule has 0 aromatic carbocycles. The Morgan fingerprint density at radius 3 is 2.62 bits per heavy atom. The fourth-order valence-corrected chi connectivity index (χ4v) is 1.57. The second kappa shape index (κ2) is 4.83. The van der Waals surface area contributed by atoms with Gasteiger partial charge in [-0.05, 0) is 36.3 Å². The Morgan fingerprint density at radius 1 is 1.44 bits per heavy atom. The molecule has 0 spiro atoms. The van der Waals surface area contributed by atoms with E-state index in [1.54, 1.807) is 6.20 Å². The van der Waals surface area contributed by atoms with E-state index in [0.29, 0.717) is 5.82 Å². The normalized spacial score (nSPS) is 13.8. The number of nitrogens with two attached hydrogens (primary N) is 1. The molecule has 0 fully saturated rings. The number of nitrogen functional groups attached to an aromatic ring is 1. The predicted octanol–water partition coefficient (Wildman–Crippen LogP) is 2.31. The van der Waals surface area contributed by atoms with Gasteiger partial charge in [0, 0.05) is 6.20 Å². The second-order valence-electron chi connectivity index (χ2n) is 5.48. The highest BCUT2D eigenvalue weighted by molar-refractivity contribution is 5.40. The number of rotatable bonds is 3. The summed E-state index contributed by atoms with van der Waals surface area (Å²) in [4.78, 5) is 4.11. The summed E-state index contributed by atoms with van der Waals surface area (Å²) in [5.74, 6) is 0.576. The van der Waals surface area contributed by atoms with E-state index in [2.05, 4.69) is 4.98 Å². The van der Waals surface area contributed by atoms with Crippen LogP contribution in [-0.2, 0) is 6.42 Å². The lowest BCUT2D eigenvalue weighted by atomic mass is 9.86. The molecule has 0 aliphatic heterocycles. The first-order chi connectivity index (χ1) is 7.30. The molecule has 0 aliphatic carbocycles. The molecule has 1 rings (SSSR count). The van der Waals surface area contributed by atoms with Crippen LogP contribution in [0.5, 0.6) is 0 Å². The minimum atomic E-state index is -0.313. The van der Waals surface area contributed by atoms with Gasteiger partial charge in [0.2, 0.25) is 0 Å². The average molecular weight is 222 g/mol. The molecular weight excluding hydrogens is 200 g/mol. The third-order valence-electron chi connectivity index (χ3n) is 2.82. The van der Waals surface area contributed by atoms with Gasteiger partial charge in [-0.25, -0.2) is 4.98 Å². The van der Waals surface area contributed by atoms with Crippen molar-refractivity contribution in [2.45, 2.75) is 46.6 Å². The zero-order chi connectivity index (χ0) is 12.3. The van der Waals surface area contributed by atoms with Crippen molar-refractivity contribution in [3.05, 3.63) is 23.4 Å². The van der Waals surface area contributed by atoms with Crippen molar-refractivity contribution in [2.24, 2.45) is 5.41 Å². The van der Waals surface area contributed by atoms with Gasteiger partial charge in [-0.2, -0.15) is 0 Å². The smallest absolute Gasteiger partial charge is 0.126 e. The summed E-state index contributed by atoms with van der Waals surface area (Å²) in [7, 11) is 0. The van der Waals surface area contributed by atoms with Crippen LogP contribution in [0.15, 0.2) is 12.3 Å². The quantitative estimate of drug-likeness (QED) is 0.825. The van der Waals surface area contributed by atoms with Crippen LogP contribution in [0.25, 0.3) is 0 Å². The van der Waals surface area contributed by atoms with E-state index in [4.69, 9.17) is 5.73 Å². The monoisotopic (exact) mass is 222 g/mol. The van der Waals surface area contributed by atoms with Gasteiger partial charge in [0.05, 0.1) is 6.10 Å². The summed E-state index contributed by atoms with van der Waals surface area (Å²) in [6, 6.07) is 2.04. The number of nitrogens with zero attached hydrogens (tertiary/aromatic N) is 1. The van der Waals surface area contributed by atoms with Crippen LogP contribution in [0.3, 0.4) is 0 Å². The Morgan fingerprint density at radius 2 is 2.06 bits per heavy atom. The molecule has 1 aromatic rings. The molecule has 16 heavy (non-hydrogen) atoms. The molecule has 0 bridgehead atoms. The van der Waals surface area contributed by atoms with Crippen LogP contribution < -0.4 is 5.73 Å². The molecule has 1 unspecified atom stereocenters. The third kappa shape index (κ3) is 3.49. The highest BCUT2D eigenvalue weighted by atomic mass is 16.3. The molecule has 0 saturated carbocycles. The van der Waals surface area contributed by atoms with Crippen LogP contribution in [0.2, 0.25) is 0 Å². The van der Waals surface area contributed by atoms with Crippen LogP contribution in [0, 0.1) is 12.3 Å². The minimum absolute atomic E-state index is 0.0774. The lowest BCUT2D eigenvalue weighted by Gasteiger charge is -2.25.